The number of amides is 1. The number of aliphatic carboxylic acids is 1. The highest BCUT2D eigenvalue weighted by atomic mass is 19.3. The summed E-state index contributed by atoms with van der Waals surface area (Å²) in [6.07, 6.45) is 1.14. The van der Waals surface area contributed by atoms with Gasteiger partial charge in [-0.25, -0.2) is 0 Å². The van der Waals surface area contributed by atoms with Gasteiger partial charge in [-0.3, -0.25) is 4.79 Å². The van der Waals surface area contributed by atoms with Crippen molar-refractivity contribution in [3.63, 3.8) is 0 Å². The van der Waals surface area contributed by atoms with Gasteiger partial charge in [0.15, 0.2) is 5.76 Å². The van der Waals surface area contributed by atoms with E-state index in [0.717, 1.165) is 0 Å². The van der Waals surface area contributed by atoms with Crippen LogP contribution < -0.4 is 20.5 Å². The zero-order chi connectivity index (χ0) is 18.2. The number of rotatable bonds is 9. The number of anilines is 1. The molecule has 9 heteroatoms. The maximum atomic E-state index is 12.1. The van der Waals surface area contributed by atoms with E-state index in [0.29, 0.717) is 11.4 Å². The molecule has 0 fully saturated rings. The number of quaternary nitrogens is 1. The van der Waals surface area contributed by atoms with Gasteiger partial charge in [-0.2, -0.15) is 8.78 Å². The van der Waals surface area contributed by atoms with Gasteiger partial charge >= 0.3 is 6.61 Å². The second-order valence-corrected chi connectivity index (χ2v) is 5.10. The zero-order valence-corrected chi connectivity index (χ0v) is 13.0. The summed E-state index contributed by atoms with van der Waals surface area (Å²) >= 11 is 0. The molecule has 0 saturated carbocycles. The maximum absolute atomic E-state index is 12.1. The lowest BCUT2D eigenvalue weighted by molar-refractivity contribution is -0.698. The van der Waals surface area contributed by atoms with Gasteiger partial charge in [0.2, 0.25) is 5.91 Å². The van der Waals surface area contributed by atoms with Gasteiger partial charge in [0.05, 0.1) is 18.7 Å². The van der Waals surface area contributed by atoms with Crippen molar-refractivity contribution in [1.82, 2.24) is 0 Å². The third-order valence-electron chi connectivity index (χ3n) is 3.25. The highest BCUT2D eigenvalue weighted by Crippen LogP contribution is 2.17. The molecule has 7 nitrogen and oxygen atoms in total. The van der Waals surface area contributed by atoms with Crippen LogP contribution in [0.4, 0.5) is 14.5 Å². The smallest absolute Gasteiger partial charge is 0.387 e. The number of ether oxygens (including phenoxy) is 1. The monoisotopic (exact) mass is 354 g/mol. The van der Waals surface area contributed by atoms with Gasteiger partial charge in [0.25, 0.3) is 0 Å². The fourth-order valence-corrected chi connectivity index (χ4v) is 2.08. The number of carboxylic acids is 1. The van der Waals surface area contributed by atoms with Crippen molar-refractivity contribution < 1.29 is 37.9 Å². The Balaban J connectivity index is 1.86. The van der Waals surface area contributed by atoms with Gasteiger partial charge < -0.3 is 29.7 Å². The Labute approximate surface area is 141 Å². The van der Waals surface area contributed by atoms with Gasteiger partial charge in [-0.1, -0.05) is 0 Å². The predicted molar refractivity (Wildman–Crippen MR) is 79.5 cm³/mol. The number of carboxylic acid groups (broad SMARTS) is 1. The molecule has 25 heavy (non-hydrogen) atoms. The number of nitrogens with one attached hydrogen (secondary N) is 1. The molecule has 0 aliphatic heterocycles. The number of hydrogen-bond acceptors (Lipinski definition) is 5. The molecule has 1 amide bonds. The fourth-order valence-electron chi connectivity index (χ4n) is 2.08. The maximum Gasteiger partial charge on any atom is 0.387 e. The summed E-state index contributed by atoms with van der Waals surface area (Å²) in [6.45, 7) is -2.69. The minimum atomic E-state index is -2.94. The van der Waals surface area contributed by atoms with E-state index < -0.39 is 24.5 Å². The molecule has 1 atom stereocenters. The van der Waals surface area contributed by atoms with Gasteiger partial charge in [0, 0.05) is 5.69 Å². The lowest BCUT2D eigenvalue weighted by Gasteiger charge is -2.16. The van der Waals surface area contributed by atoms with Gasteiger partial charge in [-0.15, -0.1) is 0 Å². The Bertz CT molecular complexity index is 689. The van der Waals surface area contributed by atoms with Crippen molar-refractivity contribution in [2.45, 2.75) is 25.6 Å². The molecule has 0 radical (unpaired) electrons. The average molecular weight is 354 g/mol. The Hall–Kier alpha value is -2.94. The Kier molecular flexibility index (Phi) is 6.47. The quantitative estimate of drug-likeness (QED) is 0.664. The first-order valence-corrected chi connectivity index (χ1v) is 7.35. The summed E-state index contributed by atoms with van der Waals surface area (Å²) in [7, 11) is 0. The Morgan fingerprint density at radius 1 is 1.24 bits per heavy atom. The Morgan fingerprint density at radius 2 is 1.96 bits per heavy atom. The molecule has 1 aromatic heterocycles. The van der Waals surface area contributed by atoms with Crippen LogP contribution in [-0.4, -0.2) is 24.5 Å². The van der Waals surface area contributed by atoms with E-state index in [2.05, 4.69) is 10.1 Å². The highest BCUT2D eigenvalue weighted by Gasteiger charge is 2.19. The van der Waals surface area contributed by atoms with E-state index in [4.69, 9.17) is 4.42 Å². The molecule has 3 N–H and O–H groups in total. The topological polar surface area (TPSA) is 108 Å². The second kappa shape index (κ2) is 8.78. The normalized spacial score (nSPS) is 12.0. The minimum absolute atomic E-state index is 0.0487. The molecule has 0 saturated heterocycles. The third kappa shape index (κ3) is 6.22. The van der Waals surface area contributed by atoms with Crippen molar-refractivity contribution >= 4 is 17.6 Å². The molecule has 2 rings (SSSR count). The number of alkyl halides is 2. The summed E-state index contributed by atoms with van der Waals surface area (Å²) in [6, 6.07) is 7.54. The van der Waals surface area contributed by atoms with Gasteiger partial charge in [0.1, 0.15) is 18.3 Å². The number of carbonyl (C=O) groups is 2. The molecule has 1 aromatic carbocycles. The molecule has 0 aliphatic carbocycles. The lowest BCUT2D eigenvalue weighted by atomic mass is 10.2. The third-order valence-corrected chi connectivity index (χ3v) is 3.25. The van der Waals surface area contributed by atoms with Crippen molar-refractivity contribution in [3.05, 3.63) is 48.4 Å². The largest absolute Gasteiger partial charge is 0.544 e. The van der Waals surface area contributed by atoms with Crippen LogP contribution in [0.15, 0.2) is 47.1 Å². The number of carbonyl (C=O) groups excluding carboxylic acids is 2. The summed E-state index contributed by atoms with van der Waals surface area (Å²) in [5.41, 5.74) is 0.328. The van der Waals surface area contributed by atoms with Crippen LogP contribution in [0.2, 0.25) is 0 Å². The average Bonchev–Trinajstić information content (AvgIpc) is 3.06. The van der Waals surface area contributed by atoms with Crippen molar-refractivity contribution in [3.8, 4) is 5.75 Å². The molecular weight excluding hydrogens is 338 g/mol. The van der Waals surface area contributed by atoms with E-state index in [9.17, 15) is 23.5 Å². The van der Waals surface area contributed by atoms with Crippen LogP contribution in [0.5, 0.6) is 5.75 Å². The van der Waals surface area contributed by atoms with Crippen LogP contribution in [0, 0.1) is 0 Å². The summed E-state index contributed by atoms with van der Waals surface area (Å²) in [5.74, 6) is -1.40. The molecule has 2 aromatic rings. The van der Waals surface area contributed by atoms with Crippen LogP contribution in [0.25, 0.3) is 0 Å². The molecule has 0 spiro atoms. The van der Waals surface area contributed by atoms with Gasteiger partial charge in [-0.05, 0) is 36.4 Å². The molecule has 0 aliphatic rings. The number of benzene rings is 1. The first-order chi connectivity index (χ1) is 11.9. The summed E-state index contributed by atoms with van der Waals surface area (Å²) < 4.78 is 33.4. The van der Waals surface area contributed by atoms with E-state index in [1.54, 1.807) is 12.1 Å². The number of hydrogen-bond donors (Lipinski definition) is 2. The van der Waals surface area contributed by atoms with Crippen LogP contribution in [0.1, 0.15) is 12.2 Å². The van der Waals surface area contributed by atoms with Crippen LogP contribution in [-0.2, 0) is 16.1 Å². The molecular formula is C16H16F2N2O5. The number of furan rings is 1. The minimum Gasteiger partial charge on any atom is -0.544 e. The van der Waals surface area contributed by atoms with E-state index in [-0.39, 0.29) is 18.7 Å². The highest BCUT2D eigenvalue weighted by molar-refractivity contribution is 5.93. The SMILES string of the molecule is O=C(C[C@H]([NH2+]Cc1ccco1)C(=O)[O-])Nc1ccc(OC(F)F)cc1. The first-order valence-electron chi connectivity index (χ1n) is 7.35. The fraction of sp³-hybridized carbons (Fsp3) is 0.250. The molecule has 134 valence electrons. The zero-order valence-electron chi connectivity index (χ0n) is 13.0. The van der Waals surface area contributed by atoms with Crippen LogP contribution >= 0.6 is 0 Å². The predicted octanol–water partition coefficient (Wildman–Crippen LogP) is 0.0917. The first kappa shape index (κ1) is 18.4. The van der Waals surface area contributed by atoms with E-state index in [1.807, 2.05) is 0 Å². The molecule has 0 unspecified atom stereocenters. The van der Waals surface area contributed by atoms with E-state index >= 15 is 0 Å². The number of nitrogens with two attached hydrogens (primary N) is 1. The van der Waals surface area contributed by atoms with Crippen molar-refractivity contribution in [2.24, 2.45) is 0 Å². The molecule has 1 heterocycles. The van der Waals surface area contributed by atoms with Crippen molar-refractivity contribution in [1.29, 1.82) is 0 Å². The summed E-state index contributed by atoms with van der Waals surface area (Å²) in [5, 5.41) is 15.1. The van der Waals surface area contributed by atoms with E-state index in [1.165, 1.54) is 35.8 Å². The number of halogens is 2. The summed E-state index contributed by atoms with van der Waals surface area (Å²) in [4.78, 5) is 23.1. The van der Waals surface area contributed by atoms with Crippen molar-refractivity contribution in [2.75, 3.05) is 5.32 Å². The molecule has 0 bridgehead atoms. The standard InChI is InChI=1S/C16H16F2N2O5/c17-16(18)25-11-5-3-10(4-6-11)20-14(21)8-13(15(22)23)19-9-12-2-1-7-24-12/h1-7,13,16,19H,8-9H2,(H,20,21)(H,22,23)/t13-/m0/s1. The Morgan fingerprint density at radius 3 is 2.52 bits per heavy atom. The van der Waals surface area contributed by atoms with Crippen LogP contribution in [0.3, 0.4) is 0 Å². The lowest BCUT2D eigenvalue weighted by Crippen LogP contribution is -2.92. The second-order valence-electron chi connectivity index (χ2n) is 5.10.